The lowest BCUT2D eigenvalue weighted by Crippen LogP contribution is -2.13. The average molecular weight is 373 g/mol. The van der Waals surface area contributed by atoms with Crippen LogP contribution >= 0.6 is 0 Å². The molecule has 146 valence electrons. The Bertz CT molecular complexity index is 760. The van der Waals surface area contributed by atoms with Gasteiger partial charge in [-0.2, -0.15) is 0 Å². The van der Waals surface area contributed by atoms with E-state index in [9.17, 15) is 4.79 Å². The number of nitrogens with one attached hydrogen (secondary N) is 1. The second-order valence-electron chi connectivity index (χ2n) is 5.96. The Hall–Kier alpha value is -2.73. The van der Waals surface area contributed by atoms with Gasteiger partial charge in [0.15, 0.2) is 11.5 Å². The Kier molecular flexibility index (Phi) is 7.95. The van der Waals surface area contributed by atoms with Crippen LogP contribution in [0.2, 0.25) is 0 Å². The van der Waals surface area contributed by atoms with Crippen LogP contribution in [-0.4, -0.2) is 33.8 Å². The molecule has 0 atom stereocenters. The first kappa shape index (κ1) is 20.6. The van der Waals surface area contributed by atoms with Crippen LogP contribution in [0.25, 0.3) is 0 Å². The number of amides is 1. The topological polar surface area (TPSA) is 66.0 Å². The maximum Gasteiger partial charge on any atom is 0.255 e. The van der Waals surface area contributed by atoms with E-state index in [2.05, 4.69) is 12.2 Å². The summed E-state index contributed by atoms with van der Waals surface area (Å²) in [5.41, 5.74) is 1.99. The van der Waals surface area contributed by atoms with E-state index in [1.807, 2.05) is 0 Å². The molecular formula is C21H27NO5. The Labute approximate surface area is 160 Å². The van der Waals surface area contributed by atoms with Crippen molar-refractivity contribution < 1.29 is 23.7 Å². The highest BCUT2D eigenvalue weighted by atomic mass is 16.5. The molecule has 0 aromatic heterocycles. The molecule has 2 rings (SSSR count). The molecule has 2 aromatic rings. The maximum atomic E-state index is 12.6. The highest BCUT2D eigenvalue weighted by Gasteiger charge is 2.12. The van der Waals surface area contributed by atoms with Crippen molar-refractivity contribution >= 4 is 11.6 Å². The van der Waals surface area contributed by atoms with E-state index in [0.717, 1.165) is 18.4 Å². The summed E-state index contributed by atoms with van der Waals surface area (Å²) >= 11 is 0. The number of benzene rings is 2. The van der Waals surface area contributed by atoms with Crippen molar-refractivity contribution in [3.05, 3.63) is 47.5 Å². The number of rotatable bonds is 10. The summed E-state index contributed by atoms with van der Waals surface area (Å²) in [6, 6.07) is 10.5. The molecule has 0 bridgehead atoms. The molecule has 0 aliphatic rings. The fraction of sp³-hybridized carbons (Fsp3) is 0.381. The molecule has 1 N–H and O–H groups in total. The normalized spacial score (nSPS) is 10.4. The smallest absolute Gasteiger partial charge is 0.255 e. The van der Waals surface area contributed by atoms with E-state index in [1.165, 1.54) is 0 Å². The van der Waals surface area contributed by atoms with Crippen molar-refractivity contribution in [3.8, 4) is 17.2 Å². The van der Waals surface area contributed by atoms with E-state index in [-0.39, 0.29) is 5.91 Å². The third-order valence-corrected chi connectivity index (χ3v) is 4.08. The number of ether oxygens (including phenoxy) is 4. The van der Waals surface area contributed by atoms with Gasteiger partial charge < -0.3 is 24.3 Å². The molecule has 6 heteroatoms. The van der Waals surface area contributed by atoms with E-state index in [1.54, 1.807) is 57.7 Å². The molecule has 27 heavy (non-hydrogen) atoms. The molecule has 0 spiro atoms. The Morgan fingerprint density at radius 3 is 2.30 bits per heavy atom. The number of methoxy groups -OCH3 is 3. The SMILES string of the molecule is CCCCOCc1cc(C(=O)Nc2ccc(OC)c(OC)c2)ccc1OC. The summed E-state index contributed by atoms with van der Waals surface area (Å²) in [7, 11) is 4.73. The zero-order valence-corrected chi connectivity index (χ0v) is 16.3. The van der Waals surface area contributed by atoms with Crippen molar-refractivity contribution in [1.82, 2.24) is 0 Å². The predicted octanol–water partition coefficient (Wildman–Crippen LogP) is 4.28. The van der Waals surface area contributed by atoms with Crippen molar-refractivity contribution in [3.63, 3.8) is 0 Å². The van der Waals surface area contributed by atoms with E-state index >= 15 is 0 Å². The number of anilines is 1. The van der Waals surface area contributed by atoms with Gasteiger partial charge in [0.25, 0.3) is 5.91 Å². The molecule has 1 amide bonds. The molecule has 6 nitrogen and oxygen atoms in total. The summed E-state index contributed by atoms with van der Waals surface area (Å²) in [5.74, 6) is 1.63. The predicted molar refractivity (Wildman–Crippen MR) is 105 cm³/mol. The molecule has 0 unspecified atom stereocenters. The summed E-state index contributed by atoms with van der Waals surface area (Å²) in [5, 5.41) is 2.87. The van der Waals surface area contributed by atoms with Crippen LogP contribution in [-0.2, 0) is 11.3 Å². The van der Waals surface area contributed by atoms with Gasteiger partial charge in [0, 0.05) is 29.5 Å². The lowest BCUT2D eigenvalue weighted by atomic mass is 10.1. The van der Waals surface area contributed by atoms with Crippen molar-refractivity contribution in [2.75, 3.05) is 33.3 Å². The van der Waals surface area contributed by atoms with Crippen LogP contribution in [0.15, 0.2) is 36.4 Å². The average Bonchev–Trinajstić information content (AvgIpc) is 2.70. The largest absolute Gasteiger partial charge is 0.496 e. The standard InChI is InChI=1S/C21H27NO5/c1-5-6-11-27-14-16-12-15(7-9-18(16)24-2)21(23)22-17-8-10-19(25-3)20(13-17)26-4/h7-10,12-13H,5-6,11,14H2,1-4H3,(H,22,23). The van der Waals surface area contributed by atoms with Gasteiger partial charge >= 0.3 is 0 Å². The van der Waals surface area contributed by atoms with E-state index < -0.39 is 0 Å². The van der Waals surface area contributed by atoms with Gasteiger partial charge in [-0.1, -0.05) is 13.3 Å². The first-order valence-electron chi connectivity index (χ1n) is 8.91. The zero-order valence-electron chi connectivity index (χ0n) is 16.3. The molecule has 0 heterocycles. The van der Waals surface area contributed by atoms with Gasteiger partial charge in [0.1, 0.15) is 5.75 Å². The molecule has 0 saturated carbocycles. The number of unbranched alkanes of at least 4 members (excludes halogenated alkanes) is 1. The van der Waals surface area contributed by atoms with Gasteiger partial charge in [-0.15, -0.1) is 0 Å². The Balaban J connectivity index is 2.13. The highest BCUT2D eigenvalue weighted by molar-refractivity contribution is 6.04. The van der Waals surface area contributed by atoms with Crippen molar-refractivity contribution in [2.45, 2.75) is 26.4 Å². The molecule has 0 saturated heterocycles. The third kappa shape index (κ3) is 5.62. The first-order valence-corrected chi connectivity index (χ1v) is 8.91. The van der Waals surface area contributed by atoms with Crippen molar-refractivity contribution in [1.29, 1.82) is 0 Å². The van der Waals surface area contributed by atoms with Crippen LogP contribution in [0.1, 0.15) is 35.7 Å². The number of hydrogen-bond donors (Lipinski definition) is 1. The molecule has 0 aliphatic heterocycles. The minimum absolute atomic E-state index is 0.223. The number of carbonyl (C=O) groups is 1. The van der Waals surface area contributed by atoms with Crippen LogP contribution in [0.4, 0.5) is 5.69 Å². The van der Waals surface area contributed by atoms with Crippen LogP contribution in [0.5, 0.6) is 17.2 Å². The number of hydrogen-bond acceptors (Lipinski definition) is 5. The van der Waals surface area contributed by atoms with Gasteiger partial charge in [-0.05, 0) is 36.8 Å². The second-order valence-corrected chi connectivity index (χ2v) is 5.96. The van der Waals surface area contributed by atoms with Gasteiger partial charge in [-0.25, -0.2) is 0 Å². The first-order chi connectivity index (χ1) is 13.1. The summed E-state index contributed by atoms with van der Waals surface area (Å²) in [6.07, 6.45) is 2.08. The quantitative estimate of drug-likeness (QED) is 0.630. The van der Waals surface area contributed by atoms with E-state index in [4.69, 9.17) is 18.9 Å². The minimum atomic E-state index is -0.223. The molecule has 0 aliphatic carbocycles. The zero-order chi connectivity index (χ0) is 19.6. The Morgan fingerprint density at radius 2 is 1.63 bits per heavy atom. The number of carbonyl (C=O) groups excluding carboxylic acids is 1. The van der Waals surface area contributed by atoms with E-state index in [0.29, 0.717) is 41.7 Å². The summed E-state index contributed by atoms with van der Waals surface area (Å²) in [6.45, 7) is 3.20. The fourth-order valence-corrected chi connectivity index (χ4v) is 2.58. The highest BCUT2D eigenvalue weighted by Crippen LogP contribution is 2.30. The lowest BCUT2D eigenvalue weighted by molar-refractivity contribution is 0.102. The minimum Gasteiger partial charge on any atom is -0.496 e. The summed E-state index contributed by atoms with van der Waals surface area (Å²) in [4.78, 5) is 12.6. The molecule has 0 fully saturated rings. The second kappa shape index (κ2) is 10.4. The molecular weight excluding hydrogens is 346 g/mol. The van der Waals surface area contributed by atoms with Crippen molar-refractivity contribution in [2.24, 2.45) is 0 Å². The molecule has 2 aromatic carbocycles. The van der Waals surface area contributed by atoms with Crippen LogP contribution in [0.3, 0.4) is 0 Å². The lowest BCUT2D eigenvalue weighted by Gasteiger charge is -2.13. The van der Waals surface area contributed by atoms with Gasteiger partial charge in [0.2, 0.25) is 0 Å². The fourth-order valence-electron chi connectivity index (χ4n) is 2.58. The maximum absolute atomic E-state index is 12.6. The van der Waals surface area contributed by atoms with Crippen LogP contribution < -0.4 is 19.5 Å². The summed E-state index contributed by atoms with van der Waals surface area (Å²) < 4.78 is 21.5. The Morgan fingerprint density at radius 1 is 0.926 bits per heavy atom. The monoisotopic (exact) mass is 373 g/mol. The van der Waals surface area contributed by atoms with Gasteiger partial charge in [0.05, 0.1) is 27.9 Å². The van der Waals surface area contributed by atoms with Gasteiger partial charge in [-0.3, -0.25) is 4.79 Å². The van der Waals surface area contributed by atoms with Crippen LogP contribution in [0, 0.1) is 0 Å². The molecule has 0 radical (unpaired) electrons. The third-order valence-electron chi connectivity index (χ3n) is 4.08.